The second-order valence-corrected chi connectivity index (χ2v) is 6.37. The number of carbonyl (C=O) groups excluding carboxylic acids is 2. The molecule has 2 rings (SSSR count). The average Bonchev–Trinajstić information content (AvgIpc) is 2.91. The van der Waals surface area contributed by atoms with Crippen molar-refractivity contribution < 1.29 is 23.8 Å². The molecular weight excluding hydrogens is 362 g/mol. The van der Waals surface area contributed by atoms with Crippen LogP contribution in [0.2, 0.25) is 0 Å². The predicted molar refractivity (Wildman–Crippen MR) is 105 cm³/mol. The van der Waals surface area contributed by atoms with Gasteiger partial charge < -0.3 is 19.5 Å². The Balaban J connectivity index is 2.07. The van der Waals surface area contributed by atoms with Gasteiger partial charge in [0.05, 0.1) is 36.4 Å². The molecule has 0 saturated heterocycles. The molecule has 1 aromatic heterocycles. The third-order valence-electron chi connectivity index (χ3n) is 4.39. The summed E-state index contributed by atoms with van der Waals surface area (Å²) in [4.78, 5) is 24.9. The third-order valence-corrected chi connectivity index (χ3v) is 4.39. The summed E-state index contributed by atoms with van der Waals surface area (Å²) >= 11 is 0. The van der Waals surface area contributed by atoms with Gasteiger partial charge in [0.25, 0.3) is 5.91 Å². The predicted octanol–water partition coefficient (Wildman–Crippen LogP) is 2.77. The van der Waals surface area contributed by atoms with Crippen LogP contribution in [0.1, 0.15) is 41.2 Å². The number of benzene rings is 1. The highest BCUT2D eigenvalue weighted by atomic mass is 16.5. The van der Waals surface area contributed by atoms with Crippen molar-refractivity contribution >= 4 is 17.6 Å². The van der Waals surface area contributed by atoms with Crippen LogP contribution in [0.4, 0.5) is 5.69 Å². The van der Waals surface area contributed by atoms with Gasteiger partial charge in [0, 0.05) is 19.2 Å². The Morgan fingerprint density at radius 3 is 2.57 bits per heavy atom. The van der Waals surface area contributed by atoms with Crippen LogP contribution in [0.5, 0.6) is 5.75 Å². The summed E-state index contributed by atoms with van der Waals surface area (Å²) < 4.78 is 17.7. The maximum atomic E-state index is 12.5. The summed E-state index contributed by atoms with van der Waals surface area (Å²) in [5.41, 5.74) is 3.20. The minimum Gasteiger partial charge on any atom is -0.496 e. The maximum Gasteiger partial charge on any atom is 0.338 e. The van der Waals surface area contributed by atoms with Gasteiger partial charge in [0.15, 0.2) is 6.10 Å². The fourth-order valence-electron chi connectivity index (χ4n) is 2.69. The van der Waals surface area contributed by atoms with Crippen molar-refractivity contribution in [2.24, 2.45) is 7.05 Å². The molecule has 1 aromatic carbocycles. The number of nitrogens with one attached hydrogen (secondary N) is 1. The Morgan fingerprint density at radius 1 is 1.29 bits per heavy atom. The highest BCUT2D eigenvalue weighted by molar-refractivity contribution is 5.98. The number of methoxy groups -OCH3 is 1. The molecule has 0 radical (unpaired) electrons. The zero-order valence-electron chi connectivity index (χ0n) is 17.2. The quantitative estimate of drug-likeness (QED) is 0.698. The fourth-order valence-corrected chi connectivity index (χ4v) is 2.69. The molecule has 0 fully saturated rings. The number of aromatic nitrogens is 2. The van der Waals surface area contributed by atoms with Crippen LogP contribution in [-0.2, 0) is 27.9 Å². The molecule has 152 valence electrons. The van der Waals surface area contributed by atoms with Crippen molar-refractivity contribution in [1.29, 1.82) is 0 Å². The lowest BCUT2D eigenvalue weighted by molar-refractivity contribution is -0.123. The molecule has 1 amide bonds. The van der Waals surface area contributed by atoms with Gasteiger partial charge in [-0.05, 0) is 45.9 Å². The average molecular weight is 389 g/mol. The topological polar surface area (TPSA) is 91.7 Å². The summed E-state index contributed by atoms with van der Waals surface area (Å²) in [5, 5.41) is 7.03. The van der Waals surface area contributed by atoms with Gasteiger partial charge in [-0.25, -0.2) is 4.79 Å². The first kappa shape index (κ1) is 21.4. The number of anilines is 1. The monoisotopic (exact) mass is 389 g/mol. The van der Waals surface area contributed by atoms with Crippen LogP contribution in [0.15, 0.2) is 18.2 Å². The van der Waals surface area contributed by atoms with Crippen molar-refractivity contribution in [2.75, 3.05) is 19.0 Å². The van der Waals surface area contributed by atoms with Crippen LogP contribution in [0, 0.1) is 13.8 Å². The molecule has 0 aliphatic carbocycles. The molecule has 8 nitrogen and oxygen atoms in total. The summed E-state index contributed by atoms with van der Waals surface area (Å²) in [6, 6.07) is 4.92. The summed E-state index contributed by atoms with van der Waals surface area (Å²) in [6.45, 7) is 7.92. The molecule has 0 bridgehead atoms. The first-order valence-electron chi connectivity index (χ1n) is 9.05. The SMILES string of the molecule is CCOCc1cc(C(=O)O[C@@H](C)C(=O)Nc2c(C)nn(C)c2C)ccc1OC. The van der Waals surface area contributed by atoms with Gasteiger partial charge in [-0.15, -0.1) is 0 Å². The van der Waals surface area contributed by atoms with Gasteiger partial charge in [-0.2, -0.15) is 5.10 Å². The number of nitrogens with zero attached hydrogens (tertiary/aromatic N) is 2. The molecule has 1 N–H and O–H groups in total. The number of ether oxygens (including phenoxy) is 3. The molecule has 1 heterocycles. The van der Waals surface area contributed by atoms with Gasteiger partial charge in [-0.3, -0.25) is 9.48 Å². The van der Waals surface area contributed by atoms with E-state index in [2.05, 4.69) is 10.4 Å². The van der Waals surface area contributed by atoms with Gasteiger partial charge in [0.2, 0.25) is 0 Å². The lowest BCUT2D eigenvalue weighted by atomic mass is 10.1. The first-order chi connectivity index (χ1) is 13.3. The Kier molecular flexibility index (Phi) is 7.17. The Labute approximate surface area is 164 Å². The van der Waals surface area contributed by atoms with E-state index >= 15 is 0 Å². The Hall–Kier alpha value is -2.87. The zero-order valence-corrected chi connectivity index (χ0v) is 17.2. The van der Waals surface area contributed by atoms with Crippen molar-refractivity contribution in [1.82, 2.24) is 9.78 Å². The number of amides is 1. The van der Waals surface area contributed by atoms with E-state index in [4.69, 9.17) is 14.2 Å². The van der Waals surface area contributed by atoms with E-state index in [-0.39, 0.29) is 0 Å². The number of hydrogen-bond acceptors (Lipinski definition) is 6. The smallest absolute Gasteiger partial charge is 0.338 e. The molecule has 0 unspecified atom stereocenters. The van der Waals surface area contributed by atoms with Crippen molar-refractivity contribution in [3.8, 4) is 5.75 Å². The Morgan fingerprint density at radius 2 is 2.00 bits per heavy atom. The van der Waals surface area contributed by atoms with Crippen LogP contribution in [0.3, 0.4) is 0 Å². The van der Waals surface area contributed by atoms with E-state index in [9.17, 15) is 9.59 Å². The van der Waals surface area contributed by atoms with Crippen molar-refractivity contribution in [3.63, 3.8) is 0 Å². The lowest BCUT2D eigenvalue weighted by Gasteiger charge is -2.15. The number of carbonyl (C=O) groups is 2. The second kappa shape index (κ2) is 9.36. The molecule has 0 spiro atoms. The van der Waals surface area contributed by atoms with E-state index in [1.54, 1.807) is 44.0 Å². The molecule has 2 aromatic rings. The van der Waals surface area contributed by atoms with Crippen LogP contribution < -0.4 is 10.1 Å². The van der Waals surface area contributed by atoms with E-state index in [1.165, 1.54) is 6.92 Å². The number of hydrogen-bond donors (Lipinski definition) is 1. The first-order valence-corrected chi connectivity index (χ1v) is 9.05. The van der Waals surface area contributed by atoms with Gasteiger partial charge in [-0.1, -0.05) is 0 Å². The molecule has 0 aliphatic heterocycles. The fraction of sp³-hybridized carbons (Fsp3) is 0.450. The molecule has 1 atom stereocenters. The largest absolute Gasteiger partial charge is 0.496 e. The van der Waals surface area contributed by atoms with Gasteiger partial charge in [0.1, 0.15) is 5.75 Å². The summed E-state index contributed by atoms with van der Waals surface area (Å²) in [7, 11) is 3.35. The van der Waals surface area contributed by atoms with Crippen molar-refractivity contribution in [3.05, 3.63) is 40.7 Å². The summed E-state index contributed by atoms with van der Waals surface area (Å²) in [5.74, 6) is -0.392. The van der Waals surface area contributed by atoms with Crippen LogP contribution in [0.25, 0.3) is 0 Å². The van der Waals surface area contributed by atoms with E-state index in [0.29, 0.717) is 35.9 Å². The molecule has 0 saturated carbocycles. The second-order valence-electron chi connectivity index (χ2n) is 6.37. The van der Waals surface area contributed by atoms with E-state index in [0.717, 1.165) is 11.3 Å². The zero-order chi connectivity index (χ0) is 20.8. The minimum absolute atomic E-state index is 0.316. The normalized spacial score (nSPS) is 11.8. The highest BCUT2D eigenvalue weighted by Crippen LogP contribution is 2.22. The maximum absolute atomic E-state index is 12.5. The van der Waals surface area contributed by atoms with Gasteiger partial charge >= 0.3 is 5.97 Å². The molecular formula is C20H27N3O5. The number of aryl methyl sites for hydroxylation is 2. The number of esters is 1. The van der Waals surface area contributed by atoms with E-state index < -0.39 is 18.0 Å². The minimum atomic E-state index is -0.969. The lowest BCUT2D eigenvalue weighted by Crippen LogP contribution is -2.30. The van der Waals surface area contributed by atoms with Crippen LogP contribution in [-0.4, -0.2) is 41.5 Å². The highest BCUT2D eigenvalue weighted by Gasteiger charge is 2.22. The molecule has 0 aliphatic rings. The third kappa shape index (κ3) is 4.89. The Bertz CT molecular complexity index is 860. The van der Waals surface area contributed by atoms with Crippen molar-refractivity contribution in [2.45, 2.75) is 40.4 Å². The molecule has 8 heteroatoms. The van der Waals surface area contributed by atoms with Crippen LogP contribution >= 0.6 is 0 Å². The molecule has 28 heavy (non-hydrogen) atoms. The number of rotatable bonds is 8. The summed E-state index contributed by atoms with van der Waals surface area (Å²) in [6.07, 6.45) is -0.969. The standard InChI is InChI=1S/C20H27N3O5/c1-7-27-11-16-10-15(8-9-17(16)26-6)20(25)28-14(4)19(24)21-18-12(2)22-23(5)13(18)3/h8-10,14H,7,11H2,1-6H3,(H,21,24)/t14-/m0/s1. The van der Waals surface area contributed by atoms with E-state index in [1.807, 2.05) is 13.8 Å².